The third-order valence-electron chi connectivity index (χ3n) is 5.10. The lowest BCUT2D eigenvalue weighted by Crippen LogP contribution is -2.34. The average Bonchev–Trinajstić information content (AvgIpc) is 3.37. The van der Waals surface area contributed by atoms with Crippen molar-refractivity contribution >= 4 is 5.91 Å². The van der Waals surface area contributed by atoms with Crippen LogP contribution in [0, 0.1) is 5.92 Å². The second-order valence-electron chi connectivity index (χ2n) is 7.06. The zero-order chi connectivity index (χ0) is 19.3. The summed E-state index contributed by atoms with van der Waals surface area (Å²) in [4.78, 5) is 12.9. The molecule has 1 amide bonds. The normalized spacial score (nSPS) is 18.8. The summed E-state index contributed by atoms with van der Waals surface area (Å²) in [5, 5.41) is 10.7. The van der Waals surface area contributed by atoms with Gasteiger partial charge in [-0.3, -0.25) is 9.48 Å². The fraction of sp³-hybridized carbons (Fsp3) is 0.273. The Hall–Kier alpha value is -3.12. The Balaban J connectivity index is 1.42. The molecule has 2 aromatic carbocycles. The first-order chi connectivity index (χ1) is 13.7. The van der Waals surface area contributed by atoms with Gasteiger partial charge in [-0.2, -0.15) is 5.10 Å². The third-order valence-corrected chi connectivity index (χ3v) is 5.10. The number of aromatic nitrogens is 2. The Morgan fingerprint density at radius 2 is 1.96 bits per heavy atom. The number of rotatable bonds is 6. The van der Waals surface area contributed by atoms with Crippen LogP contribution < -0.4 is 15.4 Å². The molecular weight excluding hydrogens is 352 g/mol. The first-order valence-electron chi connectivity index (χ1n) is 9.48. The molecule has 28 heavy (non-hydrogen) atoms. The SMILES string of the molecule is Cn1cc([C@H]2CNC[C@@H]2C(=O)NCc2ccccc2Oc2ccccc2)cn1. The lowest BCUT2D eigenvalue weighted by atomic mass is 9.90. The molecule has 1 aromatic heterocycles. The van der Waals surface area contributed by atoms with Crippen molar-refractivity contribution in [2.24, 2.45) is 13.0 Å². The summed E-state index contributed by atoms with van der Waals surface area (Å²) in [6, 6.07) is 17.4. The Kier molecular flexibility index (Phi) is 5.39. The zero-order valence-electron chi connectivity index (χ0n) is 15.8. The molecule has 6 nitrogen and oxygen atoms in total. The van der Waals surface area contributed by atoms with Crippen LogP contribution in [0.15, 0.2) is 67.0 Å². The molecule has 0 aliphatic carbocycles. The summed E-state index contributed by atoms with van der Waals surface area (Å²) in [7, 11) is 1.89. The molecule has 0 spiro atoms. The van der Waals surface area contributed by atoms with Gasteiger partial charge in [-0.1, -0.05) is 36.4 Å². The highest BCUT2D eigenvalue weighted by molar-refractivity contribution is 5.80. The lowest BCUT2D eigenvalue weighted by Gasteiger charge is -2.18. The predicted octanol–water partition coefficient (Wildman–Crippen LogP) is 2.83. The van der Waals surface area contributed by atoms with E-state index in [0.717, 1.165) is 29.2 Å². The maximum Gasteiger partial charge on any atom is 0.225 e. The van der Waals surface area contributed by atoms with Gasteiger partial charge in [0.25, 0.3) is 0 Å². The number of nitrogens with one attached hydrogen (secondary N) is 2. The molecule has 4 rings (SSSR count). The summed E-state index contributed by atoms with van der Waals surface area (Å²) < 4.78 is 7.76. The quantitative estimate of drug-likeness (QED) is 0.694. The minimum absolute atomic E-state index is 0.0494. The standard InChI is InChI=1S/C22H24N4O2/c1-26-15-17(12-25-26)19-13-23-14-20(19)22(27)24-11-16-7-5-6-10-21(16)28-18-8-3-2-4-9-18/h2-10,12,15,19-20,23H,11,13-14H2,1H3,(H,24,27)/t19-,20+/m1/s1. The van der Waals surface area contributed by atoms with E-state index in [4.69, 9.17) is 4.74 Å². The van der Waals surface area contributed by atoms with E-state index >= 15 is 0 Å². The Morgan fingerprint density at radius 1 is 1.18 bits per heavy atom. The number of amides is 1. The van der Waals surface area contributed by atoms with Crippen LogP contribution in [0.4, 0.5) is 0 Å². The van der Waals surface area contributed by atoms with Crippen LogP contribution in [0.3, 0.4) is 0 Å². The number of para-hydroxylation sites is 2. The number of aryl methyl sites for hydroxylation is 1. The maximum absolute atomic E-state index is 12.9. The topological polar surface area (TPSA) is 68.2 Å². The molecule has 1 fully saturated rings. The fourth-order valence-electron chi connectivity index (χ4n) is 3.61. The van der Waals surface area contributed by atoms with Crippen LogP contribution in [0.1, 0.15) is 17.0 Å². The molecule has 0 bridgehead atoms. The summed E-state index contributed by atoms with van der Waals surface area (Å²) in [5.74, 6) is 1.62. The number of nitrogens with zero attached hydrogens (tertiary/aromatic N) is 2. The van der Waals surface area contributed by atoms with E-state index in [1.54, 1.807) is 4.68 Å². The van der Waals surface area contributed by atoms with Gasteiger partial charge in [-0.25, -0.2) is 0 Å². The van der Waals surface area contributed by atoms with Gasteiger partial charge in [-0.05, 0) is 23.8 Å². The predicted molar refractivity (Wildman–Crippen MR) is 107 cm³/mol. The van der Waals surface area contributed by atoms with Gasteiger partial charge in [0.2, 0.25) is 5.91 Å². The number of hydrogen-bond donors (Lipinski definition) is 2. The van der Waals surface area contributed by atoms with Gasteiger partial charge in [0.1, 0.15) is 11.5 Å². The Labute approximate surface area is 164 Å². The minimum atomic E-state index is -0.105. The van der Waals surface area contributed by atoms with Gasteiger partial charge in [-0.15, -0.1) is 0 Å². The highest BCUT2D eigenvalue weighted by Crippen LogP contribution is 2.29. The van der Waals surface area contributed by atoms with Crippen molar-refractivity contribution in [2.75, 3.05) is 13.1 Å². The van der Waals surface area contributed by atoms with E-state index in [1.807, 2.05) is 74.0 Å². The van der Waals surface area contributed by atoms with Gasteiger partial charge in [0, 0.05) is 44.4 Å². The van der Waals surface area contributed by atoms with E-state index in [0.29, 0.717) is 13.1 Å². The summed E-state index contributed by atoms with van der Waals surface area (Å²) in [6.07, 6.45) is 3.84. The van der Waals surface area contributed by atoms with Crippen LogP contribution in [-0.4, -0.2) is 28.8 Å². The molecule has 144 valence electrons. The molecule has 2 atom stereocenters. The fourth-order valence-corrected chi connectivity index (χ4v) is 3.61. The number of carbonyl (C=O) groups is 1. The summed E-state index contributed by atoms with van der Waals surface area (Å²) in [6.45, 7) is 1.89. The van der Waals surface area contributed by atoms with Gasteiger partial charge < -0.3 is 15.4 Å². The lowest BCUT2D eigenvalue weighted by molar-refractivity contribution is -0.125. The molecule has 1 aliphatic heterocycles. The van der Waals surface area contributed by atoms with Crippen LogP contribution in [0.5, 0.6) is 11.5 Å². The molecule has 0 radical (unpaired) electrons. The van der Waals surface area contributed by atoms with E-state index in [-0.39, 0.29) is 17.7 Å². The molecule has 1 aliphatic rings. The molecule has 6 heteroatoms. The van der Waals surface area contributed by atoms with Gasteiger partial charge in [0.15, 0.2) is 0 Å². The first-order valence-corrected chi connectivity index (χ1v) is 9.48. The van der Waals surface area contributed by atoms with Crippen molar-refractivity contribution < 1.29 is 9.53 Å². The molecule has 0 saturated carbocycles. The van der Waals surface area contributed by atoms with Crippen LogP contribution in [-0.2, 0) is 18.4 Å². The van der Waals surface area contributed by atoms with Gasteiger partial charge in [0.05, 0.1) is 12.1 Å². The molecule has 3 aromatic rings. The van der Waals surface area contributed by atoms with Crippen molar-refractivity contribution in [3.05, 3.63) is 78.1 Å². The maximum atomic E-state index is 12.9. The molecular formula is C22H24N4O2. The number of hydrogen-bond acceptors (Lipinski definition) is 4. The number of ether oxygens (including phenoxy) is 1. The average molecular weight is 376 g/mol. The van der Waals surface area contributed by atoms with E-state index < -0.39 is 0 Å². The van der Waals surface area contributed by atoms with Crippen molar-refractivity contribution in [1.82, 2.24) is 20.4 Å². The third kappa shape index (κ3) is 4.07. The molecule has 1 saturated heterocycles. The second kappa shape index (κ2) is 8.27. The van der Waals surface area contributed by atoms with Gasteiger partial charge >= 0.3 is 0 Å². The first kappa shape index (κ1) is 18.3. The van der Waals surface area contributed by atoms with Crippen LogP contribution in [0.25, 0.3) is 0 Å². The second-order valence-corrected chi connectivity index (χ2v) is 7.06. The van der Waals surface area contributed by atoms with E-state index in [2.05, 4.69) is 15.7 Å². The summed E-state index contributed by atoms with van der Waals surface area (Å²) in [5.41, 5.74) is 2.05. The van der Waals surface area contributed by atoms with Crippen LogP contribution in [0.2, 0.25) is 0 Å². The molecule has 2 heterocycles. The summed E-state index contributed by atoms with van der Waals surface area (Å²) >= 11 is 0. The van der Waals surface area contributed by atoms with Crippen molar-refractivity contribution in [1.29, 1.82) is 0 Å². The molecule has 2 N–H and O–H groups in total. The highest BCUT2D eigenvalue weighted by atomic mass is 16.5. The van der Waals surface area contributed by atoms with Crippen LogP contribution >= 0.6 is 0 Å². The minimum Gasteiger partial charge on any atom is -0.457 e. The van der Waals surface area contributed by atoms with Crippen molar-refractivity contribution in [3.63, 3.8) is 0 Å². The van der Waals surface area contributed by atoms with E-state index in [1.165, 1.54) is 0 Å². The highest BCUT2D eigenvalue weighted by Gasteiger charge is 2.34. The Morgan fingerprint density at radius 3 is 2.75 bits per heavy atom. The van der Waals surface area contributed by atoms with E-state index in [9.17, 15) is 4.79 Å². The van der Waals surface area contributed by atoms with Crippen molar-refractivity contribution in [3.8, 4) is 11.5 Å². The Bertz CT molecular complexity index is 938. The van der Waals surface area contributed by atoms with Crippen molar-refractivity contribution in [2.45, 2.75) is 12.5 Å². The monoisotopic (exact) mass is 376 g/mol. The smallest absolute Gasteiger partial charge is 0.225 e. The number of carbonyl (C=O) groups excluding carboxylic acids is 1. The molecule has 0 unspecified atom stereocenters. The number of benzene rings is 2. The zero-order valence-corrected chi connectivity index (χ0v) is 15.8. The largest absolute Gasteiger partial charge is 0.457 e.